The average Bonchev–Trinajstić information content (AvgIpc) is 3.26. The molecule has 0 aromatic heterocycles. The van der Waals surface area contributed by atoms with E-state index in [0.717, 1.165) is 12.8 Å². The van der Waals surface area contributed by atoms with E-state index in [2.05, 4.69) is 87.6 Å². The molecule has 0 amide bonds. The summed E-state index contributed by atoms with van der Waals surface area (Å²) in [6.07, 6.45) is 2.15. The second-order valence-corrected chi connectivity index (χ2v) is 12.8. The van der Waals surface area contributed by atoms with Crippen LogP contribution in [0.25, 0.3) is 0 Å². The highest BCUT2D eigenvalue weighted by Gasteiger charge is 2.55. The van der Waals surface area contributed by atoms with Gasteiger partial charge in [0.2, 0.25) is 0 Å². The van der Waals surface area contributed by atoms with Gasteiger partial charge in [-0.25, -0.2) is 0 Å². The van der Waals surface area contributed by atoms with E-state index in [0.29, 0.717) is 6.79 Å². The van der Waals surface area contributed by atoms with Gasteiger partial charge >= 0.3 is 0 Å². The quantitative estimate of drug-likeness (QED) is 0.445. The minimum Gasteiger partial charge on any atom is -0.359 e. The molecule has 0 aliphatic heterocycles. The third-order valence-electron chi connectivity index (χ3n) is 5.87. The van der Waals surface area contributed by atoms with Gasteiger partial charge in [0.05, 0.1) is 6.10 Å². The first-order valence-electron chi connectivity index (χ1n) is 9.84. The van der Waals surface area contributed by atoms with Gasteiger partial charge in [-0.05, 0) is 24.0 Å². The van der Waals surface area contributed by atoms with Crippen LogP contribution in [0.5, 0.6) is 0 Å². The Bertz CT molecular complexity index is 779. The molecule has 144 valence electrons. The molecule has 2 aromatic carbocycles. The summed E-state index contributed by atoms with van der Waals surface area (Å²) in [5.41, 5.74) is 3.03. The van der Waals surface area contributed by atoms with Crippen molar-refractivity contribution < 1.29 is 9.47 Å². The Morgan fingerprint density at radius 3 is 2.11 bits per heavy atom. The Morgan fingerprint density at radius 2 is 1.52 bits per heavy atom. The van der Waals surface area contributed by atoms with Crippen LogP contribution >= 0.6 is 0 Å². The van der Waals surface area contributed by atoms with Crippen molar-refractivity contribution in [2.75, 3.05) is 13.9 Å². The van der Waals surface area contributed by atoms with E-state index in [-0.39, 0.29) is 11.5 Å². The van der Waals surface area contributed by atoms with Gasteiger partial charge in [-0.1, -0.05) is 98.0 Å². The van der Waals surface area contributed by atoms with E-state index >= 15 is 0 Å². The first-order chi connectivity index (χ1) is 12.9. The number of benzene rings is 2. The van der Waals surface area contributed by atoms with Gasteiger partial charge in [0.25, 0.3) is 0 Å². The predicted octanol–water partition coefficient (Wildman–Crippen LogP) is 5.10. The predicted molar refractivity (Wildman–Crippen MR) is 116 cm³/mol. The molecule has 0 fully saturated rings. The van der Waals surface area contributed by atoms with Crippen LogP contribution in [0, 0.1) is 5.41 Å². The highest BCUT2D eigenvalue weighted by Crippen LogP contribution is 2.58. The lowest BCUT2D eigenvalue weighted by Crippen LogP contribution is -2.42. The molecule has 0 N–H and O–H groups in total. The normalized spacial score (nSPS) is 17.1. The summed E-state index contributed by atoms with van der Waals surface area (Å²) in [5, 5.41) is 3.15. The highest BCUT2D eigenvalue weighted by molar-refractivity contribution is 6.97. The van der Waals surface area contributed by atoms with E-state index in [4.69, 9.17) is 9.47 Å². The van der Waals surface area contributed by atoms with Gasteiger partial charge in [-0.2, -0.15) is 0 Å². The minimum atomic E-state index is -1.70. The van der Waals surface area contributed by atoms with Crippen molar-refractivity contribution in [3.63, 3.8) is 0 Å². The van der Waals surface area contributed by atoms with Crippen LogP contribution in [0.15, 0.2) is 71.4 Å². The lowest BCUT2D eigenvalue weighted by atomic mass is 9.98. The van der Waals surface area contributed by atoms with Crippen LogP contribution in [0.1, 0.15) is 25.8 Å². The summed E-state index contributed by atoms with van der Waals surface area (Å²) in [4.78, 5) is 0. The molecule has 27 heavy (non-hydrogen) atoms. The fourth-order valence-corrected chi connectivity index (χ4v) is 8.68. The number of ether oxygens (including phenoxy) is 2. The van der Waals surface area contributed by atoms with E-state index in [1.165, 1.54) is 16.3 Å². The lowest BCUT2D eigenvalue weighted by molar-refractivity contribution is -0.0615. The zero-order valence-corrected chi connectivity index (χ0v) is 18.3. The van der Waals surface area contributed by atoms with Crippen LogP contribution in [-0.2, 0) is 15.9 Å². The summed E-state index contributed by atoms with van der Waals surface area (Å²) >= 11 is 0. The van der Waals surface area contributed by atoms with E-state index in [1.54, 1.807) is 12.3 Å². The highest BCUT2D eigenvalue weighted by atomic mass is 28.3. The molecule has 0 heterocycles. The molecule has 2 nitrogen and oxygen atoms in total. The summed E-state index contributed by atoms with van der Waals surface area (Å²) in [5.74, 6) is 0. The number of hydrogen-bond acceptors (Lipinski definition) is 2. The molecule has 0 spiro atoms. The van der Waals surface area contributed by atoms with Crippen LogP contribution in [0.3, 0.4) is 0 Å². The Kier molecular flexibility index (Phi) is 6.04. The van der Waals surface area contributed by atoms with E-state index in [1.807, 2.05) is 0 Å². The molecule has 0 radical (unpaired) electrons. The molecule has 3 heteroatoms. The topological polar surface area (TPSA) is 18.5 Å². The van der Waals surface area contributed by atoms with Crippen LogP contribution in [0.2, 0.25) is 13.1 Å². The van der Waals surface area contributed by atoms with Crippen LogP contribution in [0.4, 0.5) is 0 Å². The third-order valence-corrected chi connectivity index (χ3v) is 9.79. The molecule has 1 unspecified atom stereocenters. The molecule has 2 aromatic rings. The first-order valence-corrected chi connectivity index (χ1v) is 12.8. The van der Waals surface area contributed by atoms with Crippen molar-refractivity contribution in [3.05, 3.63) is 77.0 Å². The smallest absolute Gasteiger partial charge is 0.147 e. The fraction of sp³-hybridized carbons (Fsp3) is 0.417. The van der Waals surface area contributed by atoms with Crippen molar-refractivity contribution in [3.8, 4) is 0 Å². The molecule has 1 atom stereocenters. The zero-order valence-electron chi connectivity index (χ0n) is 17.3. The molecule has 1 aliphatic rings. The third kappa shape index (κ3) is 4.26. The minimum absolute atomic E-state index is 0.130. The monoisotopic (exact) mass is 380 g/mol. The van der Waals surface area contributed by atoms with Crippen LogP contribution < -0.4 is 5.19 Å². The summed E-state index contributed by atoms with van der Waals surface area (Å²) in [6, 6.07) is 21.7. The van der Waals surface area contributed by atoms with Gasteiger partial charge in [-0.15, -0.1) is 0 Å². The molecule has 0 saturated carbocycles. The Hall–Kier alpha value is -1.68. The second kappa shape index (κ2) is 8.13. The van der Waals surface area contributed by atoms with Gasteiger partial charge in [-0.3, -0.25) is 0 Å². The zero-order chi connectivity index (χ0) is 19.5. The molecular formula is C24H32O2Si. The molecule has 0 saturated heterocycles. The number of allylic oxidation sites excluding steroid dienone is 1. The number of rotatable bonds is 9. The number of hydrogen-bond donors (Lipinski definition) is 0. The van der Waals surface area contributed by atoms with E-state index < -0.39 is 8.07 Å². The van der Waals surface area contributed by atoms with Gasteiger partial charge < -0.3 is 9.47 Å². The van der Waals surface area contributed by atoms with Crippen molar-refractivity contribution in [2.45, 2.75) is 45.9 Å². The van der Waals surface area contributed by atoms with Crippen molar-refractivity contribution in [1.82, 2.24) is 0 Å². The summed E-state index contributed by atoms with van der Waals surface area (Å²) in [6.45, 7) is 10.0. The Morgan fingerprint density at radius 1 is 0.926 bits per heavy atom. The SMILES string of the molecule is COCOC(CCc1ccccc1)C1=C([Si](C)(C)c2ccccc2)C1(C)C. The van der Waals surface area contributed by atoms with Crippen LogP contribution in [-0.4, -0.2) is 28.1 Å². The van der Waals surface area contributed by atoms with Gasteiger partial charge in [0, 0.05) is 12.5 Å². The fourth-order valence-electron chi connectivity index (χ4n) is 4.58. The molecule has 0 bridgehead atoms. The largest absolute Gasteiger partial charge is 0.359 e. The average molecular weight is 381 g/mol. The molecule has 3 rings (SSSR count). The maximum absolute atomic E-state index is 6.18. The maximum Gasteiger partial charge on any atom is 0.147 e. The molecular weight excluding hydrogens is 348 g/mol. The maximum atomic E-state index is 6.18. The first kappa shape index (κ1) is 20.1. The summed E-state index contributed by atoms with van der Waals surface area (Å²) < 4.78 is 11.4. The van der Waals surface area contributed by atoms with E-state index in [9.17, 15) is 0 Å². The van der Waals surface area contributed by atoms with Crippen molar-refractivity contribution in [2.24, 2.45) is 5.41 Å². The van der Waals surface area contributed by atoms with Gasteiger partial charge in [0.1, 0.15) is 14.9 Å². The Balaban J connectivity index is 1.85. The number of methoxy groups -OCH3 is 1. The van der Waals surface area contributed by atoms with Gasteiger partial charge in [0.15, 0.2) is 0 Å². The van der Waals surface area contributed by atoms with Crippen molar-refractivity contribution >= 4 is 13.3 Å². The molecule has 1 aliphatic carbocycles. The Labute approximate surface area is 165 Å². The van der Waals surface area contributed by atoms with Crippen molar-refractivity contribution in [1.29, 1.82) is 0 Å². The second-order valence-electron chi connectivity index (χ2n) is 8.49. The standard InChI is InChI=1S/C24H32O2Si/c1-24(2)22(23(24)27(4,5)20-14-10-7-11-15-20)21(26-18-25-3)17-16-19-12-8-6-9-13-19/h6-15,21H,16-18H2,1-5H3. The lowest BCUT2D eigenvalue weighted by Gasteiger charge is -2.23. The summed E-state index contributed by atoms with van der Waals surface area (Å²) in [7, 11) is 0.00301. The number of aryl methyl sites for hydroxylation is 1.